The van der Waals surface area contributed by atoms with Crippen molar-refractivity contribution in [2.45, 2.75) is 26.5 Å². The van der Waals surface area contributed by atoms with Gasteiger partial charge in [-0.3, -0.25) is 4.90 Å². The number of ether oxygens (including phenoxy) is 1. The molecule has 30 heavy (non-hydrogen) atoms. The highest BCUT2D eigenvalue weighted by Gasteiger charge is 2.27. The standard InChI is InChI=1S/C22H23ClN4O3/c1-14(2)30-21-8-5-16(9-19(21)23)20-13-27(25-24-20)18-6-3-15(4-7-18)10-26-11-17(12-26)22(28)29/h3-9,13-14,17H,10-12H2,1-2H3,(H,28,29)/p-1. The van der Waals surface area contributed by atoms with Crippen LogP contribution in [0.25, 0.3) is 16.9 Å². The summed E-state index contributed by atoms with van der Waals surface area (Å²) in [4.78, 5) is 12.9. The number of hydrogen-bond acceptors (Lipinski definition) is 6. The van der Waals surface area contributed by atoms with E-state index in [1.165, 1.54) is 0 Å². The number of halogens is 1. The van der Waals surface area contributed by atoms with Crippen LogP contribution in [0, 0.1) is 5.92 Å². The number of rotatable bonds is 7. The topological polar surface area (TPSA) is 83.3 Å². The molecular formula is C22H22ClN4O3-. The van der Waals surface area contributed by atoms with Crippen molar-refractivity contribution in [2.24, 2.45) is 5.92 Å². The summed E-state index contributed by atoms with van der Waals surface area (Å²) in [5.74, 6) is -0.671. The maximum atomic E-state index is 10.8. The van der Waals surface area contributed by atoms with E-state index in [2.05, 4.69) is 15.2 Å². The van der Waals surface area contributed by atoms with E-state index in [-0.39, 0.29) is 12.0 Å². The molecule has 2 heterocycles. The molecule has 0 atom stereocenters. The predicted octanol–water partition coefficient (Wildman–Crippen LogP) is 2.56. The molecule has 0 N–H and O–H groups in total. The molecule has 156 valence electrons. The molecule has 0 aliphatic carbocycles. The summed E-state index contributed by atoms with van der Waals surface area (Å²) < 4.78 is 7.38. The molecule has 1 saturated heterocycles. The van der Waals surface area contributed by atoms with Gasteiger partial charge in [0.1, 0.15) is 11.4 Å². The Morgan fingerprint density at radius 3 is 2.60 bits per heavy atom. The normalized spacial score (nSPS) is 14.7. The molecule has 3 aromatic rings. The van der Waals surface area contributed by atoms with Crippen LogP contribution >= 0.6 is 11.6 Å². The molecule has 8 heteroatoms. The van der Waals surface area contributed by atoms with Crippen molar-refractivity contribution in [3.8, 4) is 22.7 Å². The first kappa shape index (κ1) is 20.4. The molecule has 0 unspecified atom stereocenters. The lowest BCUT2D eigenvalue weighted by Crippen LogP contribution is -2.53. The van der Waals surface area contributed by atoms with Gasteiger partial charge in [0, 0.05) is 37.1 Å². The van der Waals surface area contributed by atoms with Crippen LogP contribution in [0.2, 0.25) is 5.02 Å². The highest BCUT2D eigenvalue weighted by atomic mass is 35.5. The summed E-state index contributed by atoms with van der Waals surface area (Å²) >= 11 is 6.33. The van der Waals surface area contributed by atoms with Crippen molar-refractivity contribution in [1.29, 1.82) is 0 Å². The number of carbonyl (C=O) groups is 1. The first-order chi connectivity index (χ1) is 14.4. The minimum absolute atomic E-state index is 0.0499. The molecule has 0 bridgehead atoms. The number of carboxylic acid groups (broad SMARTS) is 1. The zero-order valence-electron chi connectivity index (χ0n) is 16.8. The van der Waals surface area contributed by atoms with E-state index in [9.17, 15) is 9.90 Å². The van der Waals surface area contributed by atoms with Crippen LogP contribution < -0.4 is 9.84 Å². The number of carbonyl (C=O) groups excluding carboxylic acids is 1. The minimum atomic E-state index is -0.966. The summed E-state index contributed by atoms with van der Waals surface area (Å²) in [5, 5.41) is 19.8. The summed E-state index contributed by atoms with van der Waals surface area (Å²) in [6, 6.07) is 13.5. The van der Waals surface area contributed by atoms with Gasteiger partial charge in [-0.1, -0.05) is 28.9 Å². The average Bonchev–Trinajstić information content (AvgIpc) is 3.16. The van der Waals surface area contributed by atoms with Gasteiger partial charge in [0.05, 0.1) is 23.0 Å². The van der Waals surface area contributed by atoms with Gasteiger partial charge in [0.25, 0.3) is 0 Å². The number of carboxylic acids is 1. The fourth-order valence-electron chi connectivity index (χ4n) is 3.39. The molecule has 4 rings (SSSR count). The predicted molar refractivity (Wildman–Crippen MR) is 111 cm³/mol. The van der Waals surface area contributed by atoms with E-state index in [1.807, 2.05) is 62.5 Å². The number of hydrogen-bond donors (Lipinski definition) is 0. The highest BCUT2D eigenvalue weighted by molar-refractivity contribution is 6.32. The lowest BCUT2D eigenvalue weighted by molar-refractivity contribution is -0.315. The fraction of sp³-hybridized carbons (Fsp3) is 0.318. The van der Waals surface area contributed by atoms with Crippen LogP contribution in [0.1, 0.15) is 19.4 Å². The second-order valence-corrected chi connectivity index (χ2v) is 8.14. The lowest BCUT2D eigenvalue weighted by atomic mass is 9.99. The van der Waals surface area contributed by atoms with E-state index in [4.69, 9.17) is 16.3 Å². The number of likely N-dealkylation sites (tertiary alicyclic amines) is 1. The first-order valence-electron chi connectivity index (χ1n) is 9.80. The lowest BCUT2D eigenvalue weighted by Gasteiger charge is -2.39. The number of aromatic nitrogens is 3. The van der Waals surface area contributed by atoms with Crippen LogP contribution in [-0.2, 0) is 11.3 Å². The Bertz CT molecular complexity index is 1040. The SMILES string of the molecule is CC(C)Oc1ccc(-c2cn(-c3ccc(CN4CC(C(=O)[O-])C4)cc3)nn2)cc1Cl. The molecule has 1 aliphatic rings. The van der Waals surface area contributed by atoms with Crippen molar-refractivity contribution in [3.05, 3.63) is 59.2 Å². The average molecular weight is 426 g/mol. The zero-order valence-corrected chi connectivity index (χ0v) is 17.5. The molecule has 7 nitrogen and oxygen atoms in total. The van der Waals surface area contributed by atoms with Crippen LogP contribution in [0.4, 0.5) is 0 Å². The van der Waals surface area contributed by atoms with Crippen LogP contribution in [-0.4, -0.2) is 45.1 Å². The van der Waals surface area contributed by atoms with Crippen molar-refractivity contribution in [2.75, 3.05) is 13.1 Å². The molecule has 0 radical (unpaired) electrons. The Labute approximate surface area is 179 Å². The minimum Gasteiger partial charge on any atom is -0.550 e. The fourth-order valence-corrected chi connectivity index (χ4v) is 3.62. The van der Waals surface area contributed by atoms with Gasteiger partial charge < -0.3 is 14.6 Å². The van der Waals surface area contributed by atoms with E-state index < -0.39 is 5.97 Å². The Morgan fingerprint density at radius 1 is 1.23 bits per heavy atom. The molecular weight excluding hydrogens is 404 g/mol. The highest BCUT2D eigenvalue weighted by Crippen LogP contribution is 2.30. The van der Waals surface area contributed by atoms with E-state index in [1.54, 1.807) is 4.68 Å². The van der Waals surface area contributed by atoms with Gasteiger partial charge in [-0.15, -0.1) is 5.10 Å². The van der Waals surface area contributed by atoms with Crippen molar-refractivity contribution < 1.29 is 14.6 Å². The van der Waals surface area contributed by atoms with Gasteiger partial charge in [-0.25, -0.2) is 4.68 Å². The van der Waals surface area contributed by atoms with E-state index >= 15 is 0 Å². The maximum absolute atomic E-state index is 10.8. The van der Waals surface area contributed by atoms with Crippen LogP contribution in [0.15, 0.2) is 48.7 Å². The van der Waals surface area contributed by atoms with Crippen molar-refractivity contribution in [1.82, 2.24) is 19.9 Å². The Hall–Kier alpha value is -2.90. The summed E-state index contributed by atoms with van der Waals surface area (Å²) in [6.07, 6.45) is 1.90. The first-order valence-corrected chi connectivity index (χ1v) is 10.2. The number of aliphatic carboxylic acids is 1. The van der Waals surface area contributed by atoms with Crippen molar-refractivity contribution >= 4 is 17.6 Å². The zero-order chi connectivity index (χ0) is 21.3. The third-order valence-corrected chi connectivity index (χ3v) is 5.28. The molecule has 1 aromatic heterocycles. The van der Waals surface area contributed by atoms with Crippen LogP contribution in [0.3, 0.4) is 0 Å². The quantitative estimate of drug-likeness (QED) is 0.578. The molecule has 0 amide bonds. The Morgan fingerprint density at radius 2 is 1.97 bits per heavy atom. The number of nitrogens with zero attached hydrogens (tertiary/aromatic N) is 4. The Kier molecular flexibility index (Phi) is 5.74. The summed E-state index contributed by atoms with van der Waals surface area (Å²) in [6.45, 7) is 5.71. The van der Waals surface area contributed by atoms with Gasteiger partial charge in [-0.2, -0.15) is 0 Å². The van der Waals surface area contributed by atoms with Crippen LogP contribution in [0.5, 0.6) is 5.75 Å². The van der Waals surface area contributed by atoms with E-state index in [0.29, 0.717) is 29.6 Å². The number of benzene rings is 2. The van der Waals surface area contributed by atoms with E-state index in [0.717, 1.165) is 23.4 Å². The molecule has 0 spiro atoms. The van der Waals surface area contributed by atoms with Gasteiger partial charge in [0.2, 0.25) is 0 Å². The maximum Gasteiger partial charge on any atom is 0.138 e. The summed E-state index contributed by atoms with van der Waals surface area (Å²) in [7, 11) is 0. The largest absolute Gasteiger partial charge is 0.550 e. The van der Waals surface area contributed by atoms with Gasteiger partial charge in [-0.05, 0) is 49.7 Å². The monoisotopic (exact) mass is 425 g/mol. The third-order valence-electron chi connectivity index (χ3n) is 4.98. The van der Waals surface area contributed by atoms with Gasteiger partial charge >= 0.3 is 0 Å². The summed E-state index contributed by atoms with van der Waals surface area (Å²) in [5.41, 5.74) is 3.58. The molecule has 1 aliphatic heterocycles. The van der Waals surface area contributed by atoms with Crippen molar-refractivity contribution in [3.63, 3.8) is 0 Å². The Balaban J connectivity index is 1.43. The second kappa shape index (κ2) is 8.45. The second-order valence-electron chi connectivity index (χ2n) is 7.74. The molecule has 0 saturated carbocycles. The molecule has 1 fully saturated rings. The third kappa shape index (κ3) is 4.47. The van der Waals surface area contributed by atoms with Gasteiger partial charge in [0.15, 0.2) is 0 Å². The molecule has 2 aromatic carbocycles. The smallest absolute Gasteiger partial charge is 0.138 e.